The van der Waals surface area contributed by atoms with Crippen molar-refractivity contribution in [1.82, 2.24) is 0 Å². The summed E-state index contributed by atoms with van der Waals surface area (Å²) < 4.78 is 14.1. The van der Waals surface area contributed by atoms with Crippen molar-refractivity contribution in [2.75, 3.05) is 13.8 Å². The van der Waals surface area contributed by atoms with E-state index < -0.39 is 26.0 Å². The maximum absolute atomic E-state index is 9.99. The van der Waals surface area contributed by atoms with Gasteiger partial charge in [0.15, 0.2) is 8.03 Å². The van der Waals surface area contributed by atoms with E-state index in [0.29, 0.717) is 0 Å². The molecule has 1 unspecified atom stereocenters. The van der Waals surface area contributed by atoms with Gasteiger partial charge in [-0.05, 0) is 6.42 Å². The summed E-state index contributed by atoms with van der Waals surface area (Å²) >= 11 is 0. The number of aliphatic carboxylic acids is 2. The molecule has 2 atom stereocenters. The summed E-state index contributed by atoms with van der Waals surface area (Å²) in [5.41, 5.74) is 5.00. The average Bonchev–Trinajstić information content (AvgIpc) is 2.14. The fourth-order valence-electron chi connectivity index (χ4n) is 0.402. The van der Waals surface area contributed by atoms with Crippen molar-refractivity contribution in [3.63, 3.8) is 0 Å². The van der Waals surface area contributed by atoms with E-state index in [-0.39, 0.29) is 42.4 Å². The van der Waals surface area contributed by atoms with Crippen LogP contribution in [0.25, 0.3) is 0 Å². The van der Waals surface area contributed by atoms with Gasteiger partial charge in [-0.2, -0.15) is 0 Å². The van der Waals surface area contributed by atoms with Crippen LogP contribution in [0, 0.1) is 0 Å². The van der Waals surface area contributed by atoms with E-state index in [9.17, 15) is 14.2 Å². The zero-order valence-corrected chi connectivity index (χ0v) is 9.60. The first kappa shape index (κ1) is 21.4. The molecular weight excluding hydrogens is 248 g/mol. The molecule has 92 valence electrons. The fraction of sp³-hybridized carbons (Fsp3) is 0.714. The van der Waals surface area contributed by atoms with E-state index in [1.165, 1.54) is 7.11 Å². The zero-order valence-electron chi connectivity index (χ0n) is 8.60. The van der Waals surface area contributed by atoms with Crippen LogP contribution >= 0.6 is 8.03 Å². The second-order valence-corrected chi connectivity index (χ2v) is 3.96. The predicted molar refractivity (Wildman–Crippen MR) is 61.6 cm³/mol. The Bertz CT molecular complexity index is 237. The molecular formula is C7H17NNaO6P. The molecule has 4 N–H and O–H groups in total. The first-order valence-corrected chi connectivity index (χ1v) is 5.87. The standard InChI is InChI=1S/C5H9NO4.C2H7O2P.Na.H/c6-3(5(9)10)1-2-4(7)8;1-4-5(2)3;;/h3H,1-2,6H2,(H,7,8)(H,9,10);5H,1-2H3;;/t3-;;;/m0.../s1. The van der Waals surface area contributed by atoms with Crippen molar-refractivity contribution in [3.05, 3.63) is 0 Å². The Morgan fingerprint density at radius 3 is 2.00 bits per heavy atom. The number of nitrogens with two attached hydrogens (primary N) is 1. The van der Waals surface area contributed by atoms with Gasteiger partial charge in [-0.3, -0.25) is 14.2 Å². The van der Waals surface area contributed by atoms with Gasteiger partial charge in [-0.15, -0.1) is 0 Å². The van der Waals surface area contributed by atoms with E-state index in [1.54, 1.807) is 6.66 Å². The number of carboxylic acids is 2. The summed E-state index contributed by atoms with van der Waals surface area (Å²) in [6, 6.07) is -1.06. The Labute approximate surface area is 117 Å². The Hall–Kier alpha value is 0.0900. The quantitative estimate of drug-likeness (QED) is 0.445. The van der Waals surface area contributed by atoms with Crippen LogP contribution < -0.4 is 5.73 Å². The molecule has 0 spiro atoms. The molecule has 0 aromatic carbocycles. The van der Waals surface area contributed by atoms with Crippen LogP contribution in [0.4, 0.5) is 0 Å². The molecule has 7 nitrogen and oxygen atoms in total. The van der Waals surface area contributed by atoms with E-state index in [4.69, 9.17) is 15.9 Å². The third-order valence-corrected chi connectivity index (χ3v) is 1.85. The van der Waals surface area contributed by atoms with Crippen molar-refractivity contribution in [3.8, 4) is 0 Å². The summed E-state index contributed by atoms with van der Waals surface area (Å²) in [6.45, 7) is 1.55. The molecule has 0 aromatic rings. The van der Waals surface area contributed by atoms with Gasteiger partial charge >= 0.3 is 41.5 Å². The molecule has 0 saturated carbocycles. The van der Waals surface area contributed by atoms with Gasteiger partial charge in [-0.1, -0.05) is 0 Å². The van der Waals surface area contributed by atoms with Crippen molar-refractivity contribution in [2.24, 2.45) is 5.73 Å². The SMILES string of the molecule is CO[PH](C)=O.N[C@@H](CCC(=O)O)C(=O)O.[NaH]. The van der Waals surface area contributed by atoms with Crippen molar-refractivity contribution < 1.29 is 28.9 Å². The number of rotatable bonds is 5. The first-order valence-electron chi connectivity index (χ1n) is 4.06. The van der Waals surface area contributed by atoms with Crippen LogP contribution in [0.2, 0.25) is 0 Å². The van der Waals surface area contributed by atoms with E-state index in [0.717, 1.165) is 0 Å². The van der Waals surface area contributed by atoms with Crippen LogP contribution in [0.15, 0.2) is 0 Å². The minimum atomic E-state index is -1.62. The van der Waals surface area contributed by atoms with Gasteiger partial charge in [0.2, 0.25) is 0 Å². The van der Waals surface area contributed by atoms with Gasteiger partial charge in [0.1, 0.15) is 6.04 Å². The third-order valence-electron chi connectivity index (χ3n) is 1.27. The molecule has 0 amide bonds. The van der Waals surface area contributed by atoms with E-state index in [1.807, 2.05) is 0 Å². The number of carboxylic acid groups (broad SMARTS) is 2. The van der Waals surface area contributed by atoms with Gasteiger partial charge in [-0.25, -0.2) is 0 Å². The average molecular weight is 265 g/mol. The Balaban J connectivity index is -0.000000242. The van der Waals surface area contributed by atoms with Crippen LogP contribution in [-0.2, 0) is 18.7 Å². The number of carbonyl (C=O) groups is 2. The Kier molecular flexibility index (Phi) is 17.6. The number of hydrogen-bond donors (Lipinski definition) is 3. The summed E-state index contributed by atoms with van der Waals surface area (Å²) in [5.74, 6) is -2.20. The number of hydrogen-bond acceptors (Lipinski definition) is 5. The fourth-order valence-corrected chi connectivity index (χ4v) is 0.402. The van der Waals surface area contributed by atoms with Gasteiger partial charge in [0.05, 0.1) is 0 Å². The molecule has 0 fully saturated rings. The molecule has 0 radical (unpaired) electrons. The Morgan fingerprint density at radius 2 is 1.81 bits per heavy atom. The van der Waals surface area contributed by atoms with Crippen LogP contribution in [-0.4, -0.2) is 71.5 Å². The normalized spacial score (nSPS) is 12.4. The van der Waals surface area contributed by atoms with Crippen LogP contribution in [0.3, 0.4) is 0 Å². The van der Waals surface area contributed by atoms with Crippen molar-refractivity contribution in [2.45, 2.75) is 18.9 Å². The maximum atomic E-state index is 9.99. The van der Waals surface area contributed by atoms with Gasteiger partial charge < -0.3 is 20.5 Å². The summed E-state index contributed by atoms with van der Waals surface area (Å²) in [5, 5.41) is 16.3. The molecule has 0 aliphatic heterocycles. The van der Waals surface area contributed by atoms with E-state index >= 15 is 0 Å². The third kappa shape index (κ3) is 19.6. The topological polar surface area (TPSA) is 127 Å². The molecule has 9 heteroatoms. The molecule has 0 aliphatic rings. The molecule has 16 heavy (non-hydrogen) atoms. The summed E-state index contributed by atoms with van der Waals surface area (Å²) in [6.07, 6.45) is -0.224. The van der Waals surface area contributed by atoms with Crippen LogP contribution in [0.1, 0.15) is 12.8 Å². The van der Waals surface area contributed by atoms with E-state index in [2.05, 4.69) is 4.52 Å². The van der Waals surface area contributed by atoms with Crippen molar-refractivity contribution >= 4 is 49.5 Å². The zero-order chi connectivity index (χ0) is 12.4. The van der Waals surface area contributed by atoms with Crippen LogP contribution in [0.5, 0.6) is 0 Å². The van der Waals surface area contributed by atoms with Crippen molar-refractivity contribution in [1.29, 1.82) is 0 Å². The molecule has 0 bridgehead atoms. The minimum absolute atomic E-state index is 0. The molecule has 0 saturated heterocycles. The first-order chi connectivity index (χ1) is 6.81. The summed E-state index contributed by atoms with van der Waals surface area (Å²) in [7, 11) is -0.192. The molecule has 0 heterocycles. The predicted octanol–water partition coefficient (Wildman–Crippen LogP) is -0.648. The molecule has 0 aromatic heterocycles. The molecule has 0 aliphatic carbocycles. The Morgan fingerprint density at radius 1 is 1.44 bits per heavy atom. The summed E-state index contributed by atoms with van der Waals surface area (Å²) in [4.78, 5) is 19.9. The second-order valence-electron chi connectivity index (χ2n) is 2.57. The van der Waals surface area contributed by atoms with Gasteiger partial charge in [0, 0.05) is 20.2 Å². The second kappa shape index (κ2) is 13.2. The molecule has 0 rings (SSSR count). The van der Waals surface area contributed by atoms with Gasteiger partial charge in [0.25, 0.3) is 0 Å². The monoisotopic (exact) mass is 265 g/mol.